The van der Waals surface area contributed by atoms with Crippen LogP contribution < -0.4 is 5.73 Å². The maximum absolute atomic E-state index is 12.7. The molecule has 5 atom stereocenters. The number of rotatable bonds is 5. The third-order valence-corrected chi connectivity index (χ3v) is 4.87. The number of aliphatic hydroxyl groups excluding tert-OH is 3. The molecule has 1 fully saturated rings. The molecule has 2 aliphatic heterocycles. The lowest BCUT2D eigenvalue weighted by molar-refractivity contribution is -0.319. The van der Waals surface area contributed by atoms with Gasteiger partial charge in [0.2, 0.25) is 0 Å². The van der Waals surface area contributed by atoms with Gasteiger partial charge in [-0.05, 0) is 23.8 Å². The fourth-order valence-electron chi connectivity index (χ4n) is 3.02. The summed E-state index contributed by atoms with van der Waals surface area (Å²) in [5.74, 6) is -2.04. The Labute approximate surface area is 161 Å². The first-order valence-electron chi connectivity index (χ1n) is 8.33. The van der Waals surface area contributed by atoms with Gasteiger partial charge in [0.1, 0.15) is 18.4 Å². The molecule has 1 aromatic rings. The number of nitrogens with two attached hydrogens (primary N) is 1. The Morgan fingerprint density at radius 1 is 1.41 bits per heavy atom. The smallest absolute Gasteiger partial charge is 0.329 e. The molecule has 0 spiro atoms. The topological polar surface area (TPSA) is 129 Å². The summed E-state index contributed by atoms with van der Waals surface area (Å²) in [4.78, 5) is 15.0. The number of urea groups is 1. The van der Waals surface area contributed by atoms with E-state index in [2.05, 4.69) is 0 Å². The highest BCUT2D eigenvalue weighted by Crippen LogP contribution is 2.38. The van der Waals surface area contributed by atoms with Crippen molar-refractivity contribution in [2.24, 2.45) is 5.73 Å². The molecule has 0 bridgehead atoms. The first-order valence-corrected chi connectivity index (χ1v) is 8.71. The van der Waals surface area contributed by atoms with E-state index in [1.54, 1.807) is 24.3 Å². The molecule has 0 aromatic heterocycles. The van der Waals surface area contributed by atoms with Gasteiger partial charge in [0.05, 0.1) is 13.2 Å². The van der Waals surface area contributed by atoms with Crippen molar-refractivity contribution in [3.05, 3.63) is 47.1 Å². The Morgan fingerprint density at radius 2 is 2.15 bits per heavy atom. The molecule has 9 nitrogen and oxygen atoms in total. The van der Waals surface area contributed by atoms with Gasteiger partial charge in [-0.25, -0.2) is 9.69 Å². The fraction of sp³-hybridized carbons (Fsp3) is 0.471. The summed E-state index contributed by atoms with van der Waals surface area (Å²) < 4.78 is 11.5. The molecule has 0 radical (unpaired) electrons. The van der Waals surface area contributed by atoms with Crippen molar-refractivity contribution in [3.8, 4) is 0 Å². The Morgan fingerprint density at radius 3 is 2.78 bits per heavy atom. The first-order chi connectivity index (χ1) is 12.8. The molecule has 1 aromatic carbocycles. The van der Waals surface area contributed by atoms with Crippen molar-refractivity contribution in [2.75, 3.05) is 13.7 Å². The molecule has 0 saturated carbocycles. The third kappa shape index (κ3) is 3.55. The number of halogens is 1. The number of ether oxygens (including phenoxy) is 2. The van der Waals surface area contributed by atoms with Crippen molar-refractivity contribution in [2.45, 2.75) is 37.0 Å². The zero-order valence-electron chi connectivity index (χ0n) is 14.6. The molecule has 1 unspecified atom stereocenters. The van der Waals surface area contributed by atoms with Crippen molar-refractivity contribution < 1.29 is 29.6 Å². The molecule has 2 amide bonds. The van der Waals surface area contributed by atoms with E-state index in [9.17, 15) is 20.1 Å². The van der Waals surface area contributed by atoms with Crippen LogP contribution in [0.3, 0.4) is 0 Å². The summed E-state index contributed by atoms with van der Waals surface area (Å²) in [5, 5.41) is 30.8. The number of benzene rings is 1. The normalized spacial score (nSPS) is 33.8. The van der Waals surface area contributed by atoms with Gasteiger partial charge in [-0.2, -0.15) is 0 Å². The highest BCUT2D eigenvalue weighted by molar-refractivity contribution is 6.30. The van der Waals surface area contributed by atoms with E-state index in [1.807, 2.05) is 0 Å². The van der Waals surface area contributed by atoms with Gasteiger partial charge in [-0.3, -0.25) is 0 Å². The average Bonchev–Trinajstić information content (AvgIpc) is 2.90. The highest BCUT2D eigenvalue weighted by atomic mass is 35.5. The zero-order chi connectivity index (χ0) is 19.8. The van der Waals surface area contributed by atoms with E-state index in [1.165, 1.54) is 24.2 Å². The van der Waals surface area contributed by atoms with Gasteiger partial charge in [-0.15, -0.1) is 0 Å². The minimum absolute atomic E-state index is 0.0735. The van der Waals surface area contributed by atoms with Gasteiger partial charge in [0.25, 0.3) is 5.91 Å². The largest absolute Gasteiger partial charge is 0.394 e. The van der Waals surface area contributed by atoms with Crippen molar-refractivity contribution >= 4 is 17.6 Å². The summed E-state index contributed by atoms with van der Waals surface area (Å²) >= 11 is 5.97. The molecule has 0 aliphatic carbocycles. The van der Waals surface area contributed by atoms with E-state index in [0.29, 0.717) is 10.6 Å². The minimum Gasteiger partial charge on any atom is -0.394 e. The second-order valence-electron chi connectivity index (χ2n) is 6.42. The lowest BCUT2D eigenvalue weighted by Crippen LogP contribution is -2.64. The molecule has 2 heterocycles. The molecule has 5 N–H and O–H groups in total. The van der Waals surface area contributed by atoms with Crippen LogP contribution in [0.15, 0.2) is 36.5 Å². The second kappa shape index (κ2) is 7.72. The van der Waals surface area contributed by atoms with Crippen LogP contribution in [0.25, 0.3) is 0 Å². The van der Waals surface area contributed by atoms with Crippen LogP contribution in [-0.4, -0.2) is 75.2 Å². The van der Waals surface area contributed by atoms with Crippen LogP contribution in [0, 0.1) is 0 Å². The van der Waals surface area contributed by atoms with E-state index in [0.717, 1.165) is 4.90 Å². The summed E-state index contributed by atoms with van der Waals surface area (Å²) in [7, 11) is 1.48. The number of hydrogen-bond acceptors (Lipinski definition) is 7. The van der Waals surface area contributed by atoms with E-state index in [4.69, 9.17) is 26.8 Å². The Kier molecular flexibility index (Phi) is 5.73. The molecule has 1 saturated heterocycles. The number of carbonyl (C=O) groups excluding carboxylic acids is 1. The predicted octanol–water partition coefficient (Wildman–Crippen LogP) is -0.211. The van der Waals surface area contributed by atoms with Crippen molar-refractivity contribution in [1.29, 1.82) is 0 Å². The monoisotopic (exact) mass is 399 g/mol. The summed E-state index contributed by atoms with van der Waals surface area (Å²) in [6, 6.07) is 6.23. The Bertz CT molecular complexity index is 734. The third-order valence-electron chi connectivity index (χ3n) is 4.64. The molecule has 10 heteroatoms. The average molecular weight is 400 g/mol. The Balaban J connectivity index is 1.95. The lowest BCUT2D eigenvalue weighted by atomic mass is 10.1. The molecular formula is C17H22ClN3O6. The fourth-order valence-corrected chi connectivity index (χ4v) is 3.24. The van der Waals surface area contributed by atoms with Crippen LogP contribution >= 0.6 is 11.6 Å². The number of nitrogens with zero attached hydrogens (tertiary/aromatic N) is 2. The molecule has 2 aliphatic rings. The van der Waals surface area contributed by atoms with Crippen molar-refractivity contribution in [3.63, 3.8) is 0 Å². The van der Waals surface area contributed by atoms with Gasteiger partial charge >= 0.3 is 6.03 Å². The lowest BCUT2D eigenvalue weighted by Gasteiger charge is -2.44. The Hall–Kier alpha value is -1.72. The van der Waals surface area contributed by atoms with Gasteiger partial charge in [0.15, 0.2) is 6.10 Å². The zero-order valence-corrected chi connectivity index (χ0v) is 15.4. The number of amides is 2. The minimum atomic E-state index is -2.04. The summed E-state index contributed by atoms with van der Waals surface area (Å²) in [5.41, 5.74) is 6.48. The van der Waals surface area contributed by atoms with Crippen LogP contribution in [0.4, 0.5) is 4.79 Å². The van der Waals surface area contributed by atoms with E-state index in [-0.39, 0.29) is 6.61 Å². The van der Waals surface area contributed by atoms with Gasteiger partial charge in [0, 0.05) is 18.3 Å². The molecule has 27 heavy (non-hydrogen) atoms. The van der Waals surface area contributed by atoms with Crippen LogP contribution in [0.1, 0.15) is 5.56 Å². The van der Waals surface area contributed by atoms with E-state index < -0.39 is 43.0 Å². The van der Waals surface area contributed by atoms with Crippen molar-refractivity contribution in [1.82, 2.24) is 9.80 Å². The SMILES string of the molecule is CN1C(=O)N([C@]2(OCc3cccc(Cl)c3)O[C@H](CO)[C@@H](O)[C@H]2O)C=CC1N. The number of likely N-dealkylation sites (N-methyl/N-ethyl adjacent to an activating group) is 1. The molecule has 3 rings (SSSR count). The first kappa shape index (κ1) is 20.0. The van der Waals surface area contributed by atoms with Crippen LogP contribution in [0.2, 0.25) is 5.02 Å². The van der Waals surface area contributed by atoms with Gasteiger partial charge in [-0.1, -0.05) is 23.7 Å². The van der Waals surface area contributed by atoms with Crippen LogP contribution in [0.5, 0.6) is 0 Å². The summed E-state index contributed by atoms with van der Waals surface area (Å²) in [6.07, 6.45) is -2.04. The molecular weight excluding hydrogens is 378 g/mol. The second-order valence-corrected chi connectivity index (χ2v) is 6.86. The van der Waals surface area contributed by atoms with Crippen LogP contribution in [-0.2, 0) is 16.1 Å². The number of carbonyl (C=O) groups is 1. The number of aliphatic hydroxyl groups is 3. The maximum atomic E-state index is 12.7. The standard InChI is InChI=1S/C17H22ClN3O6/c1-20-13(19)5-6-21(16(20)25)17(15(24)14(23)12(8-22)27-17)26-9-10-3-2-4-11(18)7-10/h2-7,12-15,22-24H,8-9,19H2,1H3/t12-,13?,14-,15-,17-/m1/s1. The summed E-state index contributed by atoms with van der Waals surface area (Å²) in [6.45, 7) is -0.641. The molecule has 148 valence electrons. The predicted molar refractivity (Wildman–Crippen MR) is 95.1 cm³/mol. The van der Waals surface area contributed by atoms with Gasteiger partial charge < -0.3 is 35.4 Å². The highest BCUT2D eigenvalue weighted by Gasteiger charge is 2.61. The van der Waals surface area contributed by atoms with E-state index >= 15 is 0 Å². The quantitative estimate of drug-likeness (QED) is 0.539. The maximum Gasteiger partial charge on any atom is 0.329 e. The number of hydrogen-bond donors (Lipinski definition) is 4.